The molecule has 0 radical (unpaired) electrons. The van der Waals surface area contributed by atoms with E-state index in [9.17, 15) is 4.79 Å². The van der Waals surface area contributed by atoms with Crippen LogP contribution >= 0.6 is 11.6 Å². The van der Waals surface area contributed by atoms with Crippen LogP contribution in [0.15, 0.2) is 18.2 Å². The summed E-state index contributed by atoms with van der Waals surface area (Å²) < 4.78 is 9.59. The van der Waals surface area contributed by atoms with E-state index in [1.807, 2.05) is 18.2 Å². The van der Waals surface area contributed by atoms with Crippen molar-refractivity contribution in [1.82, 2.24) is 5.32 Å². The van der Waals surface area contributed by atoms with Crippen molar-refractivity contribution < 1.29 is 14.3 Å². The van der Waals surface area contributed by atoms with Crippen molar-refractivity contribution in [2.24, 2.45) is 0 Å². The molecule has 0 saturated carbocycles. The smallest absolute Gasteiger partial charge is 0.306 e. The molecular formula is C12H16ClNO3. The number of carbonyl (C=O) groups is 1. The molecule has 0 spiro atoms. The first kappa shape index (κ1) is 13.8. The summed E-state index contributed by atoms with van der Waals surface area (Å²) >= 11 is 5.99. The molecule has 0 saturated heterocycles. The topological polar surface area (TPSA) is 47.6 Å². The van der Waals surface area contributed by atoms with Gasteiger partial charge in [-0.05, 0) is 17.7 Å². The van der Waals surface area contributed by atoms with Crippen LogP contribution in [0.4, 0.5) is 0 Å². The predicted octanol–water partition coefficient (Wildman–Crippen LogP) is 2.00. The van der Waals surface area contributed by atoms with Gasteiger partial charge in [-0.1, -0.05) is 17.7 Å². The molecule has 0 fully saturated rings. The Bertz CT molecular complexity index is 382. The van der Waals surface area contributed by atoms with Crippen LogP contribution in [0.2, 0.25) is 5.02 Å². The van der Waals surface area contributed by atoms with Crippen LogP contribution in [-0.4, -0.2) is 26.7 Å². The highest BCUT2D eigenvalue weighted by molar-refractivity contribution is 6.32. The highest BCUT2D eigenvalue weighted by Crippen LogP contribution is 2.24. The van der Waals surface area contributed by atoms with Crippen LogP contribution in [0, 0.1) is 0 Å². The molecule has 1 N–H and O–H groups in total. The third-order valence-electron chi connectivity index (χ3n) is 2.28. The van der Waals surface area contributed by atoms with Gasteiger partial charge in [-0.25, -0.2) is 0 Å². The zero-order valence-electron chi connectivity index (χ0n) is 9.96. The summed E-state index contributed by atoms with van der Waals surface area (Å²) in [5.74, 6) is 0.440. The molecule has 17 heavy (non-hydrogen) atoms. The van der Waals surface area contributed by atoms with Crippen LogP contribution in [0.5, 0.6) is 5.75 Å². The Morgan fingerprint density at radius 2 is 2.18 bits per heavy atom. The summed E-state index contributed by atoms with van der Waals surface area (Å²) in [6.45, 7) is 1.23. The fourth-order valence-electron chi connectivity index (χ4n) is 1.35. The highest BCUT2D eigenvalue weighted by Gasteiger charge is 2.02. The molecule has 0 bridgehead atoms. The SMILES string of the molecule is COC(=O)CCNCc1ccc(OC)c(Cl)c1. The number of nitrogens with one attached hydrogen (secondary N) is 1. The van der Waals surface area contributed by atoms with Crippen LogP contribution in [0.1, 0.15) is 12.0 Å². The molecule has 1 aromatic carbocycles. The Balaban J connectivity index is 2.37. The molecule has 0 aliphatic carbocycles. The van der Waals surface area contributed by atoms with Crippen LogP contribution in [0.3, 0.4) is 0 Å². The summed E-state index contributed by atoms with van der Waals surface area (Å²) in [6.07, 6.45) is 0.361. The largest absolute Gasteiger partial charge is 0.495 e. The van der Waals surface area contributed by atoms with Crippen molar-refractivity contribution in [2.75, 3.05) is 20.8 Å². The van der Waals surface area contributed by atoms with Gasteiger partial charge in [-0.3, -0.25) is 4.79 Å². The Kier molecular flexibility index (Phi) is 5.80. The molecule has 94 valence electrons. The van der Waals surface area contributed by atoms with Gasteiger partial charge in [0.1, 0.15) is 5.75 Å². The number of benzene rings is 1. The van der Waals surface area contributed by atoms with E-state index in [2.05, 4.69) is 10.1 Å². The maximum absolute atomic E-state index is 10.9. The zero-order valence-corrected chi connectivity index (χ0v) is 10.7. The lowest BCUT2D eigenvalue weighted by Crippen LogP contribution is -2.18. The lowest BCUT2D eigenvalue weighted by molar-refractivity contribution is -0.140. The molecule has 0 heterocycles. The summed E-state index contributed by atoms with van der Waals surface area (Å²) in [6, 6.07) is 5.58. The summed E-state index contributed by atoms with van der Waals surface area (Å²) in [5, 5.41) is 3.71. The number of methoxy groups -OCH3 is 2. The summed E-state index contributed by atoms with van der Waals surface area (Å²) in [4.78, 5) is 10.9. The molecule has 1 aromatic rings. The van der Waals surface area contributed by atoms with E-state index in [0.717, 1.165) is 5.56 Å². The van der Waals surface area contributed by atoms with Crippen LogP contribution in [0.25, 0.3) is 0 Å². The van der Waals surface area contributed by atoms with Crippen LogP contribution in [-0.2, 0) is 16.1 Å². The first-order chi connectivity index (χ1) is 8.17. The van der Waals surface area contributed by atoms with Gasteiger partial charge < -0.3 is 14.8 Å². The minimum atomic E-state index is -0.217. The number of esters is 1. The number of hydrogen-bond donors (Lipinski definition) is 1. The fourth-order valence-corrected chi connectivity index (χ4v) is 1.63. The van der Waals surface area contributed by atoms with E-state index in [-0.39, 0.29) is 5.97 Å². The second-order valence-electron chi connectivity index (χ2n) is 3.47. The summed E-state index contributed by atoms with van der Waals surface area (Å²) in [7, 11) is 2.96. The second-order valence-corrected chi connectivity index (χ2v) is 3.88. The maximum Gasteiger partial charge on any atom is 0.306 e. The molecule has 5 heteroatoms. The molecule has 0 amide bonds. The summed E-state index contributed by atoms with van der Waals surface area (Å²) in [5.41, 5.74) is 1.04. The van der Waals surface area contributed by atoms with E-state index in [0.29, 0.717) is 30.3 Å². The van der Waals surface area contributed by atoms with Gasteiger partial charge in [-0.2, -0.15) is 0 Å². The van der Waals surface area contributed by atoms with E-state index < -0.39 is 0 Å². The lowest BCUT2D eigenvalue weighted by atomic mass is 10.2. The van der Waals surface area contributed by atoms with Gasteiger partial charge in [-0.15, -0.1) is 0 Å². The molecule has 4 nitrogen and oxygen atoms in total. The number of hydrogen-bond acceptors (Lipinski definition) is 4. The van der Waals surface area contributed by atoms with E-state index >= 15 is 0 Å². The Labute approximate surface area is 106 Å². The van der Waals surface area contributed by atoms with Crippen molar-refractivity contribution >= 4 is 17.6 Å². The molecule has 0 atom stereocenters. The molecule has 1 rings (SSSR count). The number of carbonyl (C=O) groups excluding carboxylic acids is 1. The predicted molar refractivity (Wildman–Crippen MR) is 66.3 cm³/mol. The first-order valence-corrected chi connectivity index (χ1v) is 5.65. The Morgan fingerprint density at radius 1 is 1.41 bits per heavy atom. The lowest BCUT2D eigenvalue weighted by Gasteiger charge is -2.07. The molecule has 0 aliphatic heterocycles. The Hall–Kier alpha value is -1.26. The molecule has 0 unspecified atom stereocenters. The highest BCUT2D eigenvalue weighted by atomic mass is 35.5. The molecule has 0 aromatic heterocycles. The van der Waals surface area contributed by atoms with Gasteiger partial charge in [0.05, 0.1) is 25.7 Å². The van der Waals surface area contributed by atoms with Crippen molar-refractivity contribution in [3.05, 3.63) is 28.8 Å². The van der Waals surface area contributed by atoms with Crippen LogP contribution < -0.4 is 10.1 Å². The third kappa shape index (κ3) is 4.63. The van der Waals surface area contributed by atoms with Crippen molar-refractivity contribution in [3.63, 3.8) is 0 Å². The third-order valence-corrected chi connectivity index (χ3v) is 2.57. The van der Waals surface area contributed by atoms with Gasteiger partial charge in [0, 0.05) is 13.1 Å². The second kappa shape index (κ2) is 7.14. The average Bonchev–Trinajstić information content (AvgIpc) is 2.34. The minimum Gasteiger partial charge on any atom is -0.495 e. The number of ether oxygens (including phenoxy) is 2. The fraction of sp³-hybridized carbons (Fsp3) is 0.417. The van der Waals surface area contributed by atoms with Crippen molar-refractivity contribution in [2.45, 2.75) is 13.0 Å². The standard InChI is InChI=1S/C12H16ClNO3/c1-16-11-4-3-9(7-10(11)13)8-14-6-5-12(15)17-2/h3-4,7,14H,5-6,8H2,1-2H3. The van der Waals surface area contributed by atoms with Crippen molar-refractivity contribution in [1.29, 1.82) is 0 Å². The quantitative estimate of drug-likeness (QED) is 0.626. The number of rotatable bonds is 6. The molecular weight excluding hydrogens is 242 g/mol. The number of halogens is 1. The normalized spacial score (nSPS) is 10.1. The zero-order chi connectivity index (χ0) is 12.7. The Morgan fingerprint density at radius 3 is 2.76 bits per heavy atom. The van der Waals surface area contributed by atoms with Gasteiger partial charge >= 0.3 is 5.97 Å². The van der Waals surface area contributed by atoms with E-state index in [1.165, 1.54) is 7.11 Å². The van der Waals surface area contributed by atoms with Crippen molar-refractivity contribution in [3.8, 4) is 5.75 Å². The van der Waals surface area contributed by atoms with E-state index in [4.69, 9.17) is 16.3 Å². The molecule has 0 aliphatic rings. The first-order valence-electron chi connectivity index (χ1n) is 5.27. The van der Waals surface area contributed by atoms with Gasteiger partial charge in [0.25, 0.3) is 0 Å². The average molecular weight is 258 g/mol. The maximum atomic E-state index is 10.9. The van der Waals surface area contributed by atoms with Gasteiger partial charge in [0.2, 0.25) is 0 Å². The van der Waals surface area contributed by atoms with E-state index in [1.54, 1.807) is 7.11 Å². The van der Waals surface area contributed by atoms with Gasteiger partial charge in [0.15, 0.2) is 0 Å². The minimum absolute atomic E-state index is 0.217. The monoisotopic (exact) mass is 257 g/mol.